The maximum atomic E-state index is 13.6. The summed E-state index contributed by atoms with van der Waals surface area (Å²) in [6.45, 7) is 5.46. The number of benzene rings is 2. The van der Waals surface area contributed by atoms with Crippen LogP contribution in [0.1, 0.15) is 41.4 Å². The summed E-state index contributed by atoms with van der Waals surface area (Å²) < 4.78 is 12.5. The molecular weight excluding hydrogens is 482 g/mol. The molecule has 0 aliphatic carbocycles. The number of nitrogens with one attached hydrogen (secondary N) is 1. The van der Waals surface area contributed by atoms with Crippen molar-refractivity contribution in [3.05, 3.63) is 90.1 Å². The molecule has 0 radical (unpaired) electrons. The minimum absolute atomic E-state index is 0.130. The quantitative estimate of drug-likeness (QED) is 0.472. The number of thiazole rings is 1. The fourth-order valence-electron chi connectivity index (χ4n) is 3.97. The summed E-state index contributed by atoms with van der Waals surface area (Å²) in [5.41, 5.74) is 2.59. The lowest BCUT2D eigenvalue weighted by atomic mass is 9.95. The van der Waals surface area contributed by atoms with Crippen molar-refractivity contribution in [2.45, 2.75) is 26.8 Å². The van der Waals surface area contributed by atoms with E-state index in [1.165, 1.54) is 34.2 Å². The molecule has 0 fully saturated rings. The Balaban J connectivity index is 1.87. The number of nitrogens with zero attached hydrogens (tertiary/aromatic N) is 2. The number of aromatic nitrogens is 1. The second-order valence-corrected chi connectivity index (χ2v) is 9.07. The van der Waals surface area contributed by atoms with Gasteiger partial charge in [0.15, 0.2) is 4.80 Å². The molecule has 4 rings (SSSR count). The minimum Gasteiger partial charge on any atom is -0.497 e. The van der Waals surface area contributed by atoms with Crippen LogP contribution in [0.3, 0.4) is 0 Å². The fourth-order valence-corrected chi connectivity index (χ4v) is 4.94. The van der Waals surface area contributed by atoms with E-state index in [4.69, 9.17) is 9.47 Å². The van der Waals surface area contributed by atoms with Gasteiger partial charge < -0.3 is 19.9 Å². The van der Waals surface area contributed by atoms with E-state index in [2.05, 4.69) is 10.3 Å². The lowest BCUT2D eigenvalue weighted by Gasteiger charge is -2.24. The number of aromatic carboxylic acids is 1. The second kappa shape index (κ2) is 10.2. The molecule has 0 saturated heterocycles. The molecule has 0 spiro atoms. The number of allylic oxidation sites excluding steroid dienone is 1. The largest absolute Gasteiger partial charge is 0.497 e. The Bertz CT molecular complexity index is 1570. The van der Waals surface area contributed by atoms with Crippen molar-refractivity contribution in [1.29, 1.82) is 0 Å². The van der Waals surface area contributed by atoms with E-state index < -0.39 is 18.0 Å². The van der Waals surface area contributed by atoms with Crippen LogP contribution >= 0.6 is 11.3 Å². The molecule has 0 amide bonds. The minimum atomic E-state index is -1.04. The molecule has 2 N–H and O–H groups in total. The van der Waals surface area contributed by atoms with Crippen molar-refractivity contribution in [3.63, 3.8) is 0 Å². The molecule has 0 bridgehead atoms. The number of anilines is 1. The number of ether oxygens (including phenoxy) is 2. The summed E-state index contributed by atoms with van der Waals surface area (Å²) in [5, 5.41) is 12.3. The predicted octanol–water partition coefficient (Wildman–Crippen LogP) is 2.83. The van der Waals surface area contributed by atoms with Gasteiger partial charge in [0.1, 0.15) is 10.3 Å². The van der Waals surface area contributed by atoms with Crippen LogP contribution in [-0.2, 0) is 9.53 Å². The van der Waals surface area contributed by atoms with Crippen LogP contribution in [-0.4, -0.2) is 35.3 Å². The highest BCUT2D eigenvalue weighted by molar-refractivity contribution is 7.07. The Hall–Kier alpha value is -4.18. The van der Waals surface area contributed by atoms with Crippen LogP contribution in [0.25, 0.3) is 6.20 Å². The van der Waals surface area contributed by atoms with Crippen molar-refractivity contribution < 1.29 is 24.2 Å². The van der Waals surface area contributed by atoms with Gasteiger partial charge in [-0.1, -0.05) is 29.5 Å². The van der Waals surface area contributed by atoms with Crippen molar-refractivity contribution >= 4 is 35.2 Å². The summed E-state index contributed by atoms with van der Waals surface area (Å²) in [5.74, 6) is -0.999. The normalized spacial score (nSPS) is 15.2. The van der Waals surface area contributed by atoms with Crippen molar-refractivity contribution in [3.8, 4) is 5.75 Å². The Morgan fingerprint density at radius 2 is 2.00 bits per heavy atom. The Labute approximate surface area is 210 Å². The number of carbonyl (C=O) groups is 2. The van der Waals surface area contributed by atoms with Gasteiger partial charge in [0.25, 0.3) is 5.56 Å². The first-order chi connectivity index (χ1) is 17.2. The van der Waals surface area contributed by atoms with E-state index in [0.29, 0.717) is 32.0 Å². The summed E-state index contributed by atoms with van der Waals surface area (Å²) in [7, 11) is 1.55. The van der Waals surface area contributed by atoms with Crippen LogP contribution in [0.4, 0.5) is 5.69 Å². The van der Waals surface area contributed by atoms with Crippen LogP contribution in [0.2, 0.25) is 0 Å². The molecule has 1 aliphatic heterocycles. The number of carboxylic acid groups (broad SMARTS) is 1. The lowest BCUT2D eigenvalue weighted by Crippen LogP contribution is -2.40. The highest BCUT2D eigenvalue weighted by Gasteiger charge is 2.33. The number of rotatable bonds is 7. The van der Waals surface area contributed by atoms with Crippen LogP contribution < -0.4 is 24.9 Å². The van der Waals surface area contributed by atoms with Gasteiger partial charge in [-0.05, 0) is 56.2 Å². The second-order valence-electron chi connectivity index (χ2n) is 8.06. The topological polar surface area (TPSA) is 119 Å². The third kappa shape index (κ3) is 4.67. The SMILES string of the molecule is CCOC(=O)C1=C(C)N=c2s/c(=C\Nc3cc(C(=O)O)ccc3C)c(=O)n2[C@@H]1c1cccc(OC)c1. The van der Waals surface area contributed by atoms with Gasteiger partial charge in [-0.15, -0.1) is 0 Å². The third-order valence-corrected chi connectivity index (χ3v) is 6.75. The molecule has 1 atom stereocenters. The third-order valence-electron chi connectivity index (χ3n) is 5.77. The van der Waals surface area contributed by atoms with Gasteiger partial charge in [0.05, 0.1) is 36.6 Å². The first-order valence-corrected chi connectivity index (χ1v) is 12.0. The fraction of sp³-hybridized carbons (Fsp3) is 0.231. The summed E-state index contributed by atoms with van der Waals surface area (Å²) in [6, 6.07) is 11.1. The van der Waals surface area contributed by atoms with E-state index in [1.807, 2.05) is 13.0 Å². The molecule has 10 heteroatoms. The predicted molar refractivity (Wildman–Crippen MR) is 136 cm³/mol. The maximum absolute atomic E-state index is 13.6. The van der Waals surface area contributed by atoms with Crippen LogP contribution in [0.5, 0.6) is 5.75 Å². The number of carbonyl (C=O) groups excluding carboxylic acids is 1. The van der Waals surface area contributed by atoms with Crippen LogP contribution in [0, 0.1) is 6.92 Å². The number of fused-ring (bicyclic) bond motifs is 1. The number of aryl methyl sites for hydroxylation is 1. The number of hydrogen-bond acceptors (Lipinski definition) is 8. The molecule has 186 valence electrons. The standard InChI is InChI=1S/C26H25N3O6S/c1-5-35-25(33)21-15(3)28-26-29(22(21)16-7-6-8-18(11-16)34-4)23(30)20(36-26)13-27-19-12-17(24(31)32)10-9-14(19)2/h6-13,22,27H,5H2,1-4H3,(H,31,32)/b20-13-/t22-/m1/s1. The van der Waals surface area contributed by atoms with E-state index in [1.54, 1.807) is 45.2 Å². The van der Waals surface area contributed by atoms with E-state index >= 15 is 0 Å². The smallest absolute Gasteiger partial charge is 0.338 e. The molecule has 1 aliphatic rings. The van der Waals surface area contributed by atoms with Gasteiger partial charge in [0.2, 0.25) is 0 Å². The zero-order valence-corrected chi connectivity index (χ0v) is 21.0. The van der Waals surface area contributed by atoms with Crippen molar-refractivity contribution in [1.82, 2.24) is 4.57 Å². The average molecular weight is 508 g/mol. The molecule has 1 aromatic heterocycles. The summed E-state index contributed by atoms with van der Waals surface area (Å²) in [4.78, 5) is 42.9. The highest BCUT2D eigenvalue weighted by atomic mass is 32.1. The monoisotopic (exact) mass is 507 g/mol. The van der Waals surface area contributed by atoms with E-state index in [-0.39, 0.29) is 23.3 Å². The first kappa shape index (κ1) is 24.9. The molecule has 36 heavy (non-hydrogen) atoms. The van der Waals surface area contributed by atoms with E-state index in [9.17, 15) is 19.5 Å². The zero-order chi connectivity index (χ0) is 26.0. The molecule has 9 nitrogen and oxygen atoms in total. The maximum Gasteiger partial charge on any atom is 0.338 e. The van der Waals surface area contributed by atoms with Gasteiger partial charge >= 0.3 is 11.9 Å². The van der Waals surface area contributed by atoms with Crippen molar-refractivity contribution in [2.24, 2.45) is 4.99 Å². The molecule has 0 saturated carbocycles. The molecule has 2 heterocycles. The first-order valence-electron chi connectivity index (χ1n) is 11.2. The van der Waals surface area contributed by atoms with Gasteiger partial charge in [-0.2, -0.15) is 0 Å². The summed E-state index contributed by atoms with van der Waals surface area (Å²) in [6.07, 6.45) is 1.53. The zero-order valence-electron chi connectivity index (χ0n) is 20.2. The molecule has 0 unspecified atom stereocenters. The molecule has 2 aromatic carbocycles. The summed E-state index contributed by atoms with van der Waals surface area (Å²) >= 11 is 1.17. The Morgan fingerprint density at radius 1 is 1.22 bits per heavy atom. The molecule has 3 aromatic rings. The van der Waals surface area contributed by atoms with Gasteiger partial charge in [-0.3, -0.25) is 9.36 Å². The number of hydrogen-bond donors (Lipinski definition) is 2. The average Bonchev–Trinajstić information content (AvgIpc) is 3.17. The number of carboxylic acids is 1. The number of esters is 1. The van der Waals surface area contributed by atoms with E-state index in [0.717, 1.165) is 5.56 Å². The van der Waals surface area contributed by atoms with Gasteiger partial charge in [0, 0.05) is 11.9 Å². The lowest BCUT2D eigenvalue weighted by molar-refractivity contribution is -0.139. The number of methoxy groups -OCH3 is 1. The molecular formula is C26H25N3O6S. The highest BCUT2D eigenvalue weighted by Crippen LogP contribution is 2.32. The van der Waals surface area contributed by atoms with Crippen LogP contribution in [0.15, 0.2) is 63.5 Å². The Kier molecular flexibility index (Phi) is 7.07. The van der Waals surface area contributed by atoms with Gasteiger partial charge in [-0.25, -0.2) is 14.6 Å². The Morgan fingerprint density at radius 3 is 2.69 bits per heavy atom. The van der Waals surface area contributed by atoms with Crippen molar-refractivity contribution in [2.75, 3.05) is 19.0 Å².